The Morgan fingerprint density at radius 3 is 2.62 bits per heavy atom. The molecular weight excluding hydrogens is 334 g/mol. The van der Waals surface area contributed by atoms with Gasteiger partial charge in [-0.3, -0.25) is 4.79 Å². The van der Waals surface area contributed by atoms with Gasteiger partial charge in [-0.1, -0.05) is 29.8 Å². The molecule has 2 aromatic carbocycles. The third-order valence-electron chi connectivity index (χ3n) is 2.95. The molecule has 2 N–H and O–H groups in total. The number of ether oxygens (including phenoxy) is 2. The van der Waals surface area contributed by atoms with Crippen LogP contribution >= 0.6 is 11.6 Å². The zero-order chi connectivity index (χ0) is 17.4. The minimum absolute atomic E-state index is 0.0947. The van der Waals surface area contributed by atoms with Crippen molar-refractivity contribution in [3.63, 3.8) is 0 Å². The molecule has 0 spiro atoms. The maximum absolute atomic E-state index is 11.8. The Hall–Kier alpha value is -2.73. The Labute approximate surface area is 144 Å². The summed E-state index contributed by atoms with van der Waals surface area (Å²) in [5.74, 6) is -0.858. The Morgan fingerprint density at radius 2 is 1.88 bits per heavy atom. The smallest absolute Gasteiger partial charge is 0.342 e. The molecule has 0 unspecified atom stereocenters. The van der Waals surface area contributed by atoms with Gasteiger partial charge in [-0.25, -0.2) is 4.79 Å². The molecule has 0 aliphatic carbocycles. The molecule has 2 rings (SSSR count). The Bertz CT molecular complexity index is 705. The average Bonchev–Trinajstić information content (AvgIpc) is 2.59. The third-order valence-corrected chi connectivity index (χ3v) is 3.18. The zero-order valence-electron chi connectivity index (χ0n) is 12.7. The van der Waals surface area contributed by atoms with Crippen molar-refractivity contribution in [3.8, 4) is 11.5 Å². The molecule has 0 saturated heterocycles. The van der Waals surface area contributed by atoms with E-state index in [4.69, 9.17) is 21.1 Å². The minimum Gasteiger partial charge on any atom is -0.507 e. The molecule has 0 radical (unpaired) electrons. The van der Waals surface area contributed by atoms with Crippen molar-refractivity contribution in [2.75, 3.05) is 19.8 Å². The quantitative estimate of drug-likeness (QED) is 0.592. The van der Waals surface area contributed by atoms with E-state index in [9.17, 15) is 14.7 Å². The molecule has 0 aliphatic heterocycles. The fourth-order valence-electron chi connectivity index (χ4n) is 1.81. The van der Waals surface area contributed by atoms with E-state index in [1.54, 1.807) is 12.1 Å². The number of rotatable bonds is 7. The number of hydrogen-bond acceptors (Lipinski definition) is 5. The monoisotopic (exact) mass is 349 g/mol. The van der Waals surface area contributed by atoms with Crippen molar-refractivity contribution in [1.82, 2.24) is 5.32 Å². The molecule has 7 heteroatoms. The molecule has 24 heavy (non-hydrogen) atoms. The number of phenolic OH excluding ortho intramolecular Hbond substituents is 1. The number of halogens is 1. The number of nitrogens with one attached hydrogen (secondary N) is 1. The average molecular weight is 350 g/mol. The summed E-state index contributed by atoms with van der Waals surface area (Å²) in [6.45, 7) is 0.0998. The summed E-state index contributed by atoms with van der Waals surface area (Å²) in [4.78, 5) is 23.4. The summed E-state index contributed by atoms with van der Waals surface area (Å²) in [5.41, 5.74) is -0.0947. The first-order valence-electron chi connectivity index (χ1n) is 7.16. The molecule has 1 amide bonds. The summed E-state index contributed by atoms with van der Waals surface area (Å²) in [6, 6.07) is 13.2. The Morgan fingerprint density at radius 1 is 1.12 bits per heavy atom. The lowest BCUT2D eigenvalue weighted by Crippen LogP contribution is -2.32. The lowest BCUT2D eigenvalue weighted by atomic mass is 10.2. The standard InChI is InChI=1S/C17H16ClNO5/c18-12-6-7-15(20)14(10-12)17(22)24-11-16(21)19-8-9-23-13-4-2-1-3-5-13/h1-7,10,20H,8-9,11H2,(H,19,21). The molecule has 0 heterocycles. The van der Waals surface area contributed by atoms with E-state index in [1.165, 1.54) is 18.2 Å². The van der Waals surface area contributed by atoms with Crippen molar-refractivity contribution >= 4 is 23.5 Å². The fourth-order valence-corrected chi connectivity index (χ4v) is 1.98. The van der Waals surface area contributed by atoms with Crippen LogP contribution in [-0.2, 0) is 9.53 Å². The summed E-state index contributed by atoms with van der Waals surface area (Å²) in [5, 5.41) is 12.4. The van der Waals surface area contributed by atoms with Gasteiger partial charge in [0.2, 0.25) is 0 Å². The van der Waals surface area contributed by atoms with Gasteiger partial charge in [-0.05, 0) is 30.3 Å². The highest BCUT2D eigenvalue weighted by Crippen LogP contribution is 2.22. The topological polar surface area (TPSA) is 84.9 Å². The molecule has 0 atom stereocenters. The van der Waals surface area contributed by atoms with Crippen LogP contribution in [0, 0.1) is 0 Å². The van der Waals surface area contributed by atoms with Crippen LogP contribution in [0.1, 0.15) is 10.4 Å². The molecule has 0 saturated carbocycles. The van der Waals surface area contributed by atoms with Crippen LogP contribution < -0.4 is 10.1 Å². The number of carbonyl (C=O) groups excluding carboxylic acids is 2. The van der Waals surface area contributed by atoms with Gasteiger partial charge in [0.05, 0.1) is 6.54 Å². The predicted molar refractivity (Wildman–Crippen MR) is 88.3 cm³/mol. The van der Waals surface area contributed by atoms with Crippen LogP contribution in [0.2, 0.25) is 5.02 Å². The summed E-state index contributed by atoms with van der Waals surface area (Å²) in [7, 11) is 0. The first-order chi connectivity index (χ1) is 11.6. The number of aromatic hydroxyl groups is 1. The van der Waals surface area contributed by atoms with Gasteiger partial charge in [-0.2, -0.15) is 0 Å². The van der Waals surface area contributed by atoms with E-state index in [0.29, 0.717) is 12.4 Å². The first-order valence-corrected chi connectivity index (χ1v) is 7.54. The lowest BCUT2D eigenvalue weighted by molar-refractivity contribution is -0.124. The predicted octanol–water partition coefficient (Wildman–Crippen LogP) is 2.40. The number of carbonyl (C=O) groups is 2. The molecule has 0 aromatic heterocycles. The molecule has 0 fully saturated rings. The Balaban J connectivity index is 1.69. The maximum atomic E-state index is 11.8. The van der Waals surface area contributed by atoms with Gasteiger partial charge in [0.1, 0.15) is 23.7 Å². The van der Waals surface area contributed by atoms with E-state index in [0.717, 1.165) is 0 Å². The molecule has 0 aliphatic rings. The fraction of sp³-hybridized carbons (Fsp3) is 0.176. The van der Waals surface area contributed by atoms with E-state index in [1.807, 2.05) is 18.2 Å². The first kappa shape index (κ1) is 17.6. The van der Waals surface area contributed by atoms with Gasteiger partial charge in [0, 0.05) is 5.02 Å². The number of hydrogen-bond donors (Lipinski definition) is 2. The third kappa shape index (κ3) is 5.48. The van der Waals surface area contributed by atoms with E-state index in [-0.39, 0.29) is 22.9 Å². The van der Waals surface area contributed by atoms with Gasteiger partial charge in [0.25, 0.3) is 5.91 Å². The van der Waals surface area contributed by atoms with Crippen molar-refractivity contribution < 1.29 is 24.2 Å². The van der Waals surface area contributed by atoms with Crippen molar-refractivity contribution in [1.29, 1.82) is 0 Å². The zero-order valence-corrected chi connectivity index (χ0v) is 13.5. The van der Waals surface area contributed by atoms with Crippen LogP contribution in [0.15, 0.2) is 48.5 Å². The van der Waals surface area contributed by atoms with Gasteiger partial charge in [0.15, 0.2) is 6.61 Å². The molecular formula is C17H16ClNO5. The van der Waals surface area contributed by atoms with Crippen LogP contribution in [0.25, 0.3) is 0 Å². The van der Waals surface area contributed by atoms with Crippen LogP contribution in [-0.4, -0.2) is 36.7 Å². The van der Waals surface area contributed by atoms with E-state index < -0.39 is 18.5 Å². The SMILES string of the molecule is O=C(COC(=O)c1cc(Cl)ccc1O)NCCOc1ccccc1. The van der Waals surface area contributed by atoms with Gasteiger partial charge < -0.3 is 19.9 Å². The van der Waals surface area contributed by atoms with Gasteiger partial charge in [-0.15, -0.1) is 0 Å². The molecule has 0 bridgehead atoms. The highest BCUT2D eigenvalue weighted by Gasteiger charge is 2.14. The molecule has 6 nitrogen and oxygen atoms in total. The van der Waals surface area contributed by atoms with Gasteiger partial charge >= 0.3 is 5.97 Å². The van der Waals surface area contributed by atoms with Crippen molar-refractivity contribution in [2.24, 2.45) is 0 Å². The second kappa shape index (κ2) is 8.79. The number of esters is 1. The maximum Gasteiger partial charge on any atom is 0.342 e. The van der Waals surface area contributed by atoms with Crippen LogP contribution in [0.5, 0.6) is 11.5 Å². The van der Waals surface area contributed by atoms with E-state index in [2.05, 4.69) is 5.32 Å². The highest BCUT2D eigenvalue weighted by atomic mass is 35.5. The summed E-state index contributed by atoms with van der Waals surface area (Å²) < 4.78 is 10.2. The number of phenols is 1. The highest BCUT2D eigenvalue weighted by molar-refractivity contribution is 6.31. The minimum atomic E-state index is -0.828. The number of benzene rings is 2. The second-order valence-corrected chi connectivity index (χ2v) is 5.19. The normalized spacial score (nSPS) is 10.0. The van der Waals surface area contributed by atoms with Crippen LogP contribution in [0.3, 0.4) is 0 Å². The van der Waals surface area contributed by atoms with E-state index >= 15 is 0 Å². The second-order valence-electron chi connectivity index (χ2n) is 4.75. The summed E-state index contributed by atoms with van der Waals surface area (Å²) in [6.07, 6.45) is 0. The van der Waals surface area contributed by atoms with Crippen LogP contribution in [0.4, 0.5) is 0 Å². The number of para-hydroxylation sites is 1. The molecule has 126 valence electrons. The van der Waals surface area contributed by atoms with Crippen molar-refractivity contribution in [3.05, 3.63) is 59.1 Å². The van der Waals surface area contributed by atoms with Crippen molar-refractivity contribution in [2.45, 2.75) is 0 Å². The summed E-state index contributed by atoms with van der Waals surface area (Å²) >= 11 is 5.75. The largest absolute Gasteiger partial charge is 0.507 e. The Kier molecular flexibility index (Phi) is 6.45. The molecule has 2 aromatic rings. The number of amides is 1. The lowest BCUT2D eigenvalue weighted by Gasteiger charge is -2.09.